The molecule has 1 aromatic carbocycles. The highest BCUT2D eigenvalue weighted by Gasteiger charge is 2.18. The molecule has 0 aromatic heterocycles. The molecule has 0 aliphatic carbocycles. The van der Waals surface area contributed by atoms with Gasteiger partial charge in [0, 0.05) is 12.3 Å². The van der Waals surface area contributed by atoms with E-state index in [1.165, 1.54) is 13.0 Å². The molecule has 0 saturated heterocycles. The number of halogens is 2. The SMILES string of the molecule is C#CCNC(=O)/C(=C/C(C)=N)C(=O)NCc1ccc(F)c(F)c1. The number of terminal acetylenes is 1. The van der Waals surface area contributed by atoms with E-state index in [9.17, 15) is 18.4 Å². The van der Waals surface area contributed by atoms with E-state index in [1.807, 2.05) is 0 Å². The Bertz CT molecular complexity index is 706. The molecule has 0 aliphatic rings. The van der Waals surface area contributed by atoms with Crippen molar-refractivity contribution in [2.75, 3.05) is 6.54 Å². The van der Waals surface area contributed by atoms with Gasteiger partial charge in [0.05, 0.1) is 6.54 Å². The van der Waals surface area contributed by atoms with Gasteiger partial charge < -0.3 is 16.0 Å². The van der Waals surface area contributed by atoms with Crippen molar-refractivity contribution in [1.29, 1.82) is 5.41 Å². The fourth-order valence-corrected chi connectivity index (χ4v) is 1.60. The van der Waals surface area contributed by atoms with Gasteiger partial charge in [-0.2, -0.15) is 0 Å². The molecule has 0 heterocycles. The number of carbonyl (C=O) groups is 2. The number of nitrogens with one attached hydrogen (secondary N) is 3. The van der Waals surface area contributed by atoms with Gasteiger partial charge in [-0.25, -0.2) is 8.78 Å². The van der Waals surface area contributed by atoms with Crippen LogP contribution in [0.3, 0.4) is 0 Å². The Hall–Kier alpha value is -3.01. The first-order chi connectivity index (χ1) is 10.8. The molecule has 7 heteroatoms. The number of amides is 2. The molecule has 0 radical (unpaired) electrons. The highest BCUT2D eigenvalue weighted by Crippen LogP contribution is 2.08. The van der Waals surface area contributed by atoms with Crippen molar-refractivity contribution in [3.8, 4) is 12.3 Å². The molecule has 120 valence electrons. The smallest absolute Gasteiger partial charge is 0.257 e. The average Bonchev–Trinajstić information content (AvgIpc) is 2.50. The molecular formula is C16H15F2N3O2. The van der Waals surface area contributed by atoms with Gasteiger partial charge in [0.2, 0.25) is 0 Å². The molecule has 0 unspecified atom stereocenters. The zero-order chi connectivity index (χ0) is 17.4. The van der Waals surface area contributed by atoms with Crippen LogP contribution in [0.2, 0.25) is 0 Å². The standard InChI is InChI=1S/C16H15F2N3O2/c1-3-6-20-15(22)12(7-10(2)19)16(23)21-9-11-4-5-13(17)14(18)8-11/h1,4-5,7-8,19H,6,9H2,2H3,(H,20,22)(H,21,23)/b12-7-,19-10?. The third kappa shape index (κ3) is 5.71. The lowest BCUT2D eigenvalue weighted by atomic mass is 10.1. The Kier molecular flexibility index (Phi) is 6.62. The second kappa shape index (κ2) is 8.44. The van der Waals surface area contributed by atoms with Crippen LogP contribution < -0.4 is 10.6 Å². The maximum absolute atomic E-state index is 13.1. The van der Waals surface area contributed by atoms with Crippen molar-refractivity contribution in [2.45, 2.75) is 13.5 Å². The Morgan fingerprint density at radius 1 is 1.26 bits per heavy atom. The van der Waals surface area contributed by atoms with Gasteiger partial charge >= 0.3 is 0 Å². The lowest BCUT2D eigenvalue weighted by molar-refractivity contribution is -0.123. The highest BCUT2D eigenvalue weighted by molar-refractivity contribution is 6.21. The Morgan fingerprint density at radius 3 is 2.48 bits per heavy atom. The molecule has 1 aromatic rings. The zero-order valence-corrected chi connectivity index (χ0v) is 12.4. The molecule has 0 spiro atoms. The van der Waals surface area contributed by atoms with Crippen LogP contribution in [0.15, 0.2) is 29.8 Å². The normalized spacial score (nSPS) is 10.6. The first kappa shape index (κ1) is 18.0. The van der Waals surface area contributed by atoms with Crippen LogP contribution in [0.4, 0.5) is 8.78 Å². The summed E-state index contributed by atoms with van der Waals surface area (Å²) < 4.78 is 25.9. The maximum atomic E-state index is 13.1. The molecule has 0 atom stereocenters. The summed E-state index contributed by atoms with van der Waals surface area (Å²) in [5.74, 6) is -1.31. The molecule has 0 bridgehead atoms. The van der Waals surface area contributed by atoms with Crippen molar-refractivity contribution >= 4 is 17.5 Å². The van der Waals surface area contributed by atoms with Crippen molar-refractivity contribution in [3.63, 3.8) is 0 Å². The van der Waals surface area contributed by atoms with Crippen LogP contribution in [0.25, 0.3) is 0 Å². The summed E-state index contributed by atoms with van der Waals surface area (Å²) in [6.07, 6.45) is 6.11. The summed E-state index contributed by atoms with van der Waals surface area (Å²) in [5, 5.41) is 12.1. The summed E-state index contributed by atoms with van der Waals surface area (Å²) in [6, 6.07) is 3.19. The first-order valence-corrected chi connectivity index (χ1v) is 6.55. The molecule has 23 heavy (non-hydrogen) atoms. The molecule has 2 amide bonds. The van der Waals surface area contributed by atoms with E-state index in [-0.39, 0.29) is 24.4 Å². The van der Waals surface area contributed by atoms with Gasteiger partial charge in [-0.3, -0.25) is 9.59 Å². The van der Waals surface area contributed by atoms with Crippen LogP contribution in [0, 0.1) is 29.4 Å². The van der Waals surface area contributed by atoms with Gasteiger partial charge in [-0.1, -0.05) is 12.0 Å². The number of carbonyl (C=O) groups excluding carboxylic acids is 2. The zero-order valence-electron chi connectivity index (χ0n) is 12.4. The summed E-state index contributed by atoms with van der Waals surface area (Å²) in [6.45, 7) is 1.23. The minimum Gasteiger partial charge on any atom is -0.348 e. The van der Waals surface area contributed by atoms with E-state index >= 15 is 0 Å². The number of hydrogen-bond acceptors (Lipinski definition) is 3. The topological polar surface area (TPSA) is 82.1 Å². The van der Waals surface area contributed by atoms with E-state index in [0.29, 0.717) is 5.56 Å². The highest BCUT2D eigenvalue weighted by atomic mass is 19.2. The molecule has 1 rings (SSSR count). The third-order valence-corrected chi connectivity index (χ3v) is 2.64. The van der Waals surface area contributed by atoms with Gasteiger partial charge in [-0.05, 0) is 30.7 Å². The molecule has 0 saturated carbocycles. The predicted molar refractivity (Wildman–Crippen MR) is 81.5 cm³/mol. The van der Waals surface area contributed by atoms with E-state index in [0.717, 1.165) is 18.2 Å². The van der Waals surface area contributed by atoms with Crippen LogP contribution in [-0.2, 0) is 16.1 Å². The lowest BCUT2D eigenvalue weighted by Gasteiger charge is -2.09. The van der Waals surface area contributed by atoms with Gasteiger partial charge in [0.15, 0.2) is 11.6 Å². The maximum Gasteiger partial charge on any atom is 0.257 e. The summed E-state index contributed by atoms with van der Waals surface area (Å²) in [5.41, 5.74) is 0.0291. The lowest BCUT2D eigenvalue weighted by Crippen LogP contribution is -2.35. The fourth-order valence-electron chi connectivity index (χ4n) is 1.60. The third-order valence-electron chi connectivity index (χ3n) is 2.64. The van der Waals surface area contributed by atoms with Crippen molar-refractivity contribution < 1.29 is 18.4 Å². The van der Waals surface area contributed by atoms with Gasteiger partial charge in [0.25, 0.3) is 11.8 Å². The number of hydrogen-bond donors (Lipinski definition) is 3. The van der Waals surface area contributed by atoms with Gasteiger partial charge in [0.1, 0.15) is 5.57 Å². The molecule has 5 nitrogen and oxygen atoms in total. The van der Waals surface area contributed by atoms with E-state index in [4.69, 9.17) is 11.8 Å². The molecule has 3 N–H and O–H groups in total. The molecule has 0 aliphatic heterocycles. The average molecular weight is 319 g/mol. The summed E-state index contributed by atoms with van der Waals surface area (Å²) >= 11 is 0. The second-order valence-corrected chi connectivity index (χ2v) is 4.56. The Balaban J connectivity index is 2.81. The van der Waals surface area contributed by atoms with Crippen LogP contribution >= 0.6 is 0 Å². The summed E-state index contributed by atoms with van der Waals surface area (Å²) in [4.78, 5) is 23.9. The van der Waals surface area contributed by atoms with E-state index in [1.54, 1.807) is 0 Å². The monoisotopic (exact) mass is 319 g/mol. The van der Waals surface area contributed by atoms with Gasteiger partial charge in [-0.15, -0.1) is 6.42 Å². The van der Waals surface area contributed by atoms with Crippen LogP contribution in [0.1, 0.15) is 12.5 Å². The largest absolute Gasteiger partial charge is 0.348 e. The first-order valence-electron chi connectivity index (χ1n) is 6.55. The second-order valence-electron chi connectivity index (χ2n) is 4.56. The fraction of sp³-hybridized carbons (Fsp3) is 0.188. The van der Waals surface area contributed by atoms with Crippen LogP contribution in [-0.4, -0.2) is 24.1 Å². The van der Waals surface area contributed by atoms with E-state index in [2.05, 4.69) is 16.6 Å². The summed E-state index contributed by atoms with van der Waals surface area (Å²) in [7, 11) is 0. The van der Waals surface area contributed by atoms with Crippen LogP contribution in [0.5, 0.6) is 0 Å². The van der Waals surface area contributed by atoms with Crippen molar-refractivity contribution in [2.24, 2.45) is 0 Å². The Morgan fingerprint density at radius 2 is 1.91 bits per heavy atom. The number of allylic oxidation sites excluding steroid dienone is 1. The van der Waals surface area contributed by atoms with Crippen molar-refractivity contribution in [1.82, 2.24) is 10.6 Å². The minimum atomic E-state index is -1.03. The minimum absolute atomic E-state index is 0.00108. The van der Waals surface area contributed by atoms with E-state index < -0.39 is 23.4 Å². The Labute approximate surface area is 132 Å². The quantitative estimate of drug-likeness (QED) is 0.243. The number of benzene rings is 1. The predicted octanol–water partition coefficient (Wildman–Crippen LogP) is 1.30. The number of rotatable bonds is 6. The van der Waals surface area contributed by atoms with Crippen molar-refractivity contribution in [3.05, 3.63) is 47.0 Å². The molecular weight excluding hydrogens is 304 g/mol. The molecule has 0 fully saturated rings.